The minimum Gasteiger partial charge on any atom is -0.384 e. The molecule has 0 bridgehead atoms. The zero-order chi connectivity index (χ0) is 12.3. The Kier molecular flexibility index (Phi) is 4.78. The third kappa shape index (κ3) is 3.40. The van der Waals surface area contributed by atoms with Crippen molar-refractivity contribution in [1.29, 1.82) is 0 Å². The molecule has 0 aliphatic heterocycles. The van der Waals surface area contributed by atoms with Crippen LogP contribution in [0, 0.1) is 5.92 Å². The Morgan fingerprint density at radius 2 is 2.06 bits per heavy atom. The maximum absolute atomic E-state index is 6.18. The van der Waals surface area contributed by atoms with Gasteiger partial charge >= 0.3 is 0 Å². The first kappa shape index (κ1) is 13.3. The fraction of sp³-hybridized carbons (Fsp3) is 0.385. The number of benzene rings is 1. The molecule has 0 fully saturated rings. The number of hydrogen-bond donors (Lipinski definition) is 1. The zero-order valence-electron chi connectivity index (χ0n) is 9.35. The smallest absolute Gasteiger partial charge is 0.0835 e. The van der Waals surface area contributed by atoms with Crippen LogP contribution >= 0.6 is 39.1 Å². The van der Waals surface area contributed by atoms with E-state index >= 15 is 0 Å². The lowest BCUT2D eigenvalue weighted by atomic mass is 9.94. The number of anilines is 1. The van der Waals surface area contributed by atoms with Gasteiger partial charge in [-0.1, -0.05) is 35.4 Å². The van der Waals surface area contributed by atoms with Crippen molar-refractivity contribution in [3.05, 3.63) is 38.8 Å². The van der Waals surface area contributed by atoms with Gasteiger partial charge in [0.2, 0.25) is 0 Å². The van der Waals surface area contributed by atoms with E-state index in [1.165, 1.54) is 12.8 Å². The third-order valence-corrected chi connectivity index (χ3v) is 4.77. The Bertz CT molecular complexity index is 432. The average molecular weight is 335 g/mol. The highest BCUT2D eigenvalue weighted by Crippen LogP contribution is 2.36. The first-order valence-electron chi connectivity index (χ1n) is 5.71. The highest BCUT2D eigenvalue weighted by atomic mass is 79.9. The minimum absolute atomic E-state index is 0.570. The molecule has 1 unspecified atom stereocenters. The Balaban J connectivity index is 1.99. The Morgan fingerprint density at radius 1 is 1.24 bits per heavy atom. The number of nitrogens with one attached hydrogen (secondary N) is 1. The van der Waals surface area contributed by atoms with Crippen LogP contribution in [0.3, 0.4) is 0 Å². The van der Waals surface area contributed by atoms with Crippen LogP contribution < -0.4 is 5.32 Å². The summed E-state index contributed by atoms with van der Waals surface area (Å²) in [6.07, 6.45) is 8.08. The van der Waals surface area contributed by atoms with Gasteiger partial charge in [0.15, 0.2) is 0 Å². The molecule has 0 aromatic heterocycles. The lowest BCUT2D eigenvalue weighted by Crippen LogP contribution is -2.15. The van der Waals surface area contributed by atoms with Gasteiger partial charge in [0, 0.05) is 11.0 Å². The van der Waals surface area contributed by atoms with Crippen molar-refractivity contribution in [2.75, 3.05) is 11.9 Å². The molecule has 0 radical (unpaired) electrons. The van der Waals surface area contributed by atoms with Crippen LogP contribution in [-0.4, -0.2) is 6.54 Å². The molecule has 0 saturated heterocycles. The fourth-order valence-electron chi connectivity index (χ4n) is 1.96. The quantitative estimate of drug-likeness (QED) is 0.566. The van der Waals surface area contributed by atoms with Gasteiger partial charge < -0.3 is 5.32 Å². The summed E-state index contributed by atoms with van der Waals surface area (Å²) in [4.78, 5) is 0. The van der Waals surface area contributed by atoms with Crippen molar-refractivity contribution in [1.82, 2.24) is 0 Å². The van der Waals surface area contributed by atoms with Crippen molar-refractivity contribution in [3.8, 4) is 0 Å². The molecular formula is C13H14BrCl2N. The minimum atomic E-state index is 0.570. The number of allylic oxidation sites excluding steroid dienone is 2. The molecule has 1 atom stereocenters. The summed E-state index contributed by atoms with van der Waals surface area (Å²) in [6.45, 7) is 0.946. The molecule has 17 heavy (non-hydrogen) atoms. The molecule has 0 amide bonds. The van der Waals surface area contributed by atoms with Gasteiger partial charge in [-0.25, -0.2) is 0 Å². The van der Waals surface area contributed by atoms with Crippen LogP contribution in [0.5, 0.6) is 0 Å². The Labute approximate surface area is 120 Å². The van der Waals surface area contributed by atoms with Gasteiger partial charge in [-0.05, 0) is 53.2 Å². The van der Waals surface area contributed by atoms with Crippen molar-refractivity contribution in [2.24, 2.45) is 5.92 Å². The Morgan fingerprint density at radius 3 is 2.76 bits per heavy atom. The zero-order valence-corrected chi connectivity index (χ0v) is 12.4. The van der Waals surface area contributed by atoms with Crippen molar-refractivity contribution in [2.45, 2.75) is 19.3 Å². The summed E-state index contributed by atoms with van der Waals surface area (Å²) in [6, 6.07) is 3.87. The molecule has 1 aliphatic carbocycles. The van der Waals surface area contributed by atoms with Gasteiger partial charge in [0.1, 0.15) is 0 Å². The third-order valence-electron chi connectivity index (χ3n) is 2.99. The first-order chi connectivity index (χ1) is 8.18. The topological polar surface area (TPSA) is 12.0 Å². The van der Waals surface area contributed by atoms with Crippen molar-refractivity contribution < 1.29 is 0 Å². The lowest BCUT2D eigenvalue weighted by molar-refractivity contribution is 0.504. The van der Waals surface area contributed by atoms with E-state index in [1.54, 1.807) is 0 Å². The fourth-order valence-corrected chi connectivity index (χ4v) is 2.80. The molecule has 2 rings (SSSR count). The number of hydrogen-bond acceptors (Lipinski definition) is 1. The van der Waals surface area contributed by atoms with Gasteiger partial charge in [-0.3, -0.25) is 0 Å². The standard InChI is InChI=1S/C13H14BrCl2N/c14-10-6-7-11(13(16)12(10)15)17-8-9-4-2-1-3-5-9/h1-2,6-7,9,17H,3-5,8H2. The molecule has 1 aromatic carbocycles. The van der Waals surface area contributed by atoms with Crippen LogP contribution in [0.15, 0.2) is 28.8 Å². The van der Waals surface area contributed by atoms with Crippen molar-refractivity contribution >= 4 is 44.8 Å². The number of halogens is 3. The van der Waals surface area contributed by atoms with E-state index in [9.17, 15) is 0 Å². The van der Waals surface area contributed by atoms with Crippen LogP contribution in [0.25, 0.3) is 0 Å². The summed E-state index contributed by atoms with van der Waals surface area (Å²) < 4.78 is 0.829. The molecule has 0 heterocycles. The summed E-state index contributed by atoms with van der Waals surface area (Å²) in [5, 5.41) is 4.54. The molecule has 92 valence electrons. The Hall–Kier alpha value is -0.180. The summed E-state index contributed by atoms with van der Waals surface area (Å²) in [5.74, 6) is 0.693. The van der Waals surface area contributed by atoms with E-state index in [2.05, 4.69) is 33.4 Å². The first-order valence-corrected chi connectivity index (χ1v) is 7.25. The summed E-state index contributed by atoms with van der Waals surface area (Å²) in [7, 11) is 0. The van der Waals surface area contributed by atoms with Gasteiger partial charge in [-0.15, -0.1) is 0 Å². The van der Waals surface area contributed by atoms with Crippen LogP contribution in [-0.2, 0) is 0 Å². The van der Waals surface area contributed by atoms with Crippen LogP contribution in [0.2, 0.25) is 10.0 Å². The van der Waals surface area contributed by atoms with E-state index in [0.29, 0.717) is 16.0 Å². The van der Waals surface area contributed by atoms with E-state index in [-0.39, 0.29) is 0 Å². The van der Waals surface area contributed by atoms with E-state index < -0.39 is 0 Å². The molecule has 1 aromatic rings. The van der Waals surface area contributed by atoms with Gasteiger partial charge in [-0.2, -0.15) is 0 Å². The predicted octanol–water partition coefficient (Wildman–Crippen LogP) is 5.52. The second-order valence-corrected chi connectivity index (χ2v) is 5.86. The molecule has 1 nitrogen and oxygen atoms in total. The molecule has 4 heteroatoms. The lowest BCUT2D eigenvalue weighted by Gasteiger charge is -2.19. The summed E-state index contributed by atoms with van der Waals surface area (Å²) in [5.41, 5.74) is 0.911. The highest BCUT2D eigenvalue weighted by molar-refractivity contribution is 9.10. The average Bonchev–Trinajstić information content (AvgIpc) is 2.36. The van der Waals surface area contributed by atoms with Crippen molar-refractivity contribution in [3.63, 3.8) is 0 Å². The van der Waals surface area contributed by atoms with E-state index in [1.807, 2.05) is 12.1 Å². The molecular weight excluding hydrogens is 321 g/mol. The second-order valence-electron chi connectivity index (χ2n) is 4.25. The van der Waals surface area contributed by atoms with Crippen LogP contribution in [0.4, 0.5) is 5.69 Å². The maximum Gasteiger partial charge on any atom is 0.0835 e. The van der Waals surface area contributed by atoms with E-state index in [4.69, 9.17) is 23.2 Å². The van der Waals surface area contributed by atoms with Crippen LogP contribution in [0.1, 0.15) is 19.3 Å². The van der Waals surface area contributed by atoms with E-state index in [0.717, 1.165) is 23.1 Å². The SMILES string of the molecule is Clc1c(Br)ccc(NCC2CC=CCC2)c1Cl. The monoisotopic (exact) mass is 333 g/mol. The van der Waals surface area contributed by atoms with Gasteiger partial charge in [0.25, 0.3) is 0 Å². The molecule has 1 N–H and O–H groups in total. The largest absolute Gasteiger partial charge is 0.384 e. The summed E-state index contributed by atoms with van der Waals surface area (Å²) >= 11 is 15.6. The predicted molar refractivity (Wildman–Crippen MR) is 79.1 cm³/mol. The normalized spacial score (nSPS) is 19.4. The molecule has 1 aliphatic rings. The molecule has 0 saturated carbocycles. The highest BCUT2D eigenvalue weighted by Gasteiger charge is 2.12. The maximum atomic E-state index is 6.18. The molecule has 0 spiro atoms. The second kappa shape index (κ2) is 6.12. The van der Waals surface area contributed by atoms with Gasteiger partial charge in [0.05, 0.1) is 15.7 Å². The number of rotatable bonds is 3.